The minimum absolute atomic E-state index is 0.0971. The van der Waals surface area contributed by atoms with Crippen molar-refractivity contribution < 1.29 is 23.5 Å². The van der Waals surface area contributed by atoms with E-state index in [9.17, 15) is 14.4 Å². The van der Waals surface area contributed by atoms with Crippen LogP contribution < -0.4 is 15.7 Å². The molecule has 7 nitrogen and oxygen atoms in total. The third-order valence-electron chi connectivity index (χ3n) is 5.45. The molecule has 7 heteroatoms. The molecule has 0 saturated heterocycles. The van der Waals surface area contributed by atoms with Crippen molar-refractivity contribution >= 4 is 33.8 Å². The maximum Gasteiger partial charge on any atom is 0.408 e. The van der Waals surface area contributed by atoms with Gasteiger partial charge in [0.15, 0.2) is 0 Å². The summed E-state index contributed by atoms with van der Waals surface area (Å²) < 4.78 is 16.2. The quantitative estimate of drug-likeness (QED) is 0.165. The first-order chi connectivity index (χ1) is 16.5. The van der Waals surface area contributed by atoms with Crippen LogP contribution in [0.5, 0.6) is 5.75 Å². The van der Waals surface area contributed by atoms with Crippen LogP contribution in [0.1, 0.15) is 31.7 Å². The Kier molecular flexibility index (Phi) is 7.22. The highest BCUT2D eigenvalue weighted by molar-refractivity contribution is 6.04. The van der Waals surface area contributed by atoms with E-state index in [-0.39, 0.29) is 12.4 Å². The van der Waals surface area contributed by atoms with E-state index in [2.05, 4.69) is 5.32 Å². The van der Waals surface area contributed by atoms with Crippen molar-refractivity contribution in [2.24, 2.45) is 0 Å². The summed E-state index contributed by atoms with van der Waals surface area (Å²) in [5.74, 6) is -0.399. The predicted molar refractivity (Wildman–Crippen MR) is 129 cm³/mol. The summed E-state index contributed by atoms with van der Waals surface area (Å²) in [6.45, 7) is 2.09. The van der Waals surface area contributed by atoms with E-state index < -0.39 is 23.7 Å². The smallest absolute Gasteiger partial charge is 0.408 e. The van der Waals surface area contributed by atoms with Gasteiger partial charge in [-0.05, 0) is 35.6 Å². The normalized spacial score (nSPS) is 11.8. The molecule has 1 amide bonds. The van der Waals surface area contributed by atoms with Gasteiger partial charge in [-0.2, -0.15) is 0 Å². The molecule has 0 fully saturated rings. The van der Waals surface area contributed by atoms with Gasteiger partial charge < -0.3 is 19.2 Å². The fourth-order valence-corrected chi connectivity index (χ4v) is 3.68. The first-order valence-electron chi connectivity index (χ1n) is 11.2. The maximum absolute atomic E-state index is 12.9. The number of hydrogen-bond donors (Lipinski definition) is 1. The van der Waals surface area contributed by atoms with Crippen LogP contribution in [-0.4, -0.2) is 18.1 Å². The molecular formula is C27H25NO6. The van der Waals surface area contributed by atoms with Gasteiger partial charge in [-0.3, -0.25) is 0 Å². The number of benzene rings is 3. The summed E-state index contributed by atoms with van der Waals surface area (Å²) in [5, 5.41) is 4.58. The lowest BCUT2D eigenvalue weighted by atomic mass is 10.1. The van der Waals surface area contributed by atoms with Crippen LogP contribution in [0.15, 0.2) is 82.0 Å². The van der Waals surface area contributed by atoms with Gasteiger partial charge in [0.25, 0.3) is 0 Å². The highest BCUT2D eigenvalue weighted by atomic mass is 16.6. The van der Waals surface area contributed by atoms with Crippen molar-refractivity contribution in [3.05, 3.63) is 88.8 Å². The first-order valence-corrected chi connectivity index (χ1v) is 11.2. The molecule has 34 heavy (non-hydrogen) atoms. The zero-order valence-electron chi connectivity index (χ0n) is 18.8. The highest BCUT2D eigenvalue weighted by Gasteiger charge is 2.23. The van der Waals surface area contributed by atoms with Gasteiger partial charge in [0, 0.05) is 11.5 Å². The molecule has 3 aromatic carbocycles. The second kappa shape index (κ2) is 10.7. The van der Waals surface area contributed by atoms with Crippen molar-refractivity contribution in [1.82, 2.24) is 5.32 Å². The van der Waals surface area contributed by atoms with Crippen molar-refractivity contribution in [1.29, 1.82) is 0 Å². The lowest BCUT2D eigenvalue weighted by Gasteiger charge is -2.17. The number of carbonyl (C=O) groups excluding carboxylic acids is 2. The molecule has 1 heterocycles. The van der Waals surface area contributed by atoms with Crippen LogP contribution in [0, 0.1) is 0 Å². The van der Waals surface area contributed by atoms with Crippen LogP contribution in [0.3, 0.4) is 0 Å². The molecule has 0 radical (unpaired) electrons. The molecule has 0 aliphatic carbocycles. The summed E-state index contributed by atoms with van der Waals surface area (Å²) in [4.78, 5) is 37.5. The molecule has 0 saturated carbocycles. The number of ether oxygens (including phenoxy) is 2. The van der Waals surface area contributed by atoms with E-state index in [1.165, 1.54) is 6.07 Å². The number of esters is 1. The number of amides is 1. The Balaban J connectivity index is 1.47. The zero-order chi connectivity index (χ0) is 23.9. The molecule has 0 aliphatic heterocycles. The Morgan fingerprint density at radius 2 is 1.68 bits per heavy atom. The minimum atomic E-state index is -0.873. The van der Waals surface area contributed by atoms with Crippen LogP contribution in [0.25, 0.3) is 21.7 Å². The number of hydrogen-bond acceptors (Lipinski definition) is 6. The monoisotopic (exact) mass is 459 g/mol. The third-order valence-corrected chi connectivity index (χ3v) is 5.45. The summed E-state index contributed by atoms with van der Waals surface area (Å²) in [5.41, 5.74) is 0.695. The van der Waals surface area contributed by atoms with Gasteiger partial charge in [0.05, 0.1) is 5.39 Å². The molecule has 0 unspecified atom stereocenters. The molecule has 0 spiro atoms. The maximum atomic E-state index is 12.9. The fourth-order valence-electron chi connectivity index (χ4n) is 3.68. The lowest BCUT2D eigenvalue weighted by molar-refractivity contribution is -0.136. The van der Waals surface area contributed by atoms with E-state index in [0.29, 0.717) is 17.4 Å². The zero-order valence-corrected chi connectivity index (χ0v) is 18.8. The summed E-state index contributed by atoms with van der Waals surface area (Å²) in [6.07, 6.45) is 1.27. The molecule has 1 N–H and O–H groups in total. The minimum Gasteiger partial charge on any atom is -0.445 e. The number of fused-ring (bicyclic) bond motifs is 3. The van der Waals surface area contributed by atoms with Gasteiger partial charge in [0.1, 0.15) is 24.0 Å². The second-order valence-electron chi connectivity index (χ2n) is 7.92. The SMILES string of the molecule is CCCC[C@H](NC(=O)OCc1ccccc1)C(=O)Oc1ccc2c(c1)oc(=O)c1ccccc12. The molecule has 0 bridgehead atoms. The van der Waals surface area contributed by atoms with Gasteiger partial charge in [-0.1, -0.05) is 68.3 Å². The van der Waals surface area contributed by atoms with Crippen LogP contribution in [-0.2, 0) is 16.1 Å². The van der Waals surface area contributed by atoms with Crippen molar-refractivity contribution in [2.45, 2.75) is 38.8 Å². The van der Waals surface area contributed by atoms with E-state index >= 15 is 0 Å². The molecule has 1 aromatic heterocycles. The Morgan fingerprint density at radius 1 is 0.941 bits per heavy atom. The summed E-state index contributed by atoms with van der Waals surface area (Å²) in [7, 11) is 0. The largest absolute Gasteiger partial charge is 0.445 e. The van der Waals surface area contributed by atoms with Crippen molar-refractivity contribution in [3.8, 4) is 5.75 Å². The Labute approximate surface area is 196 Å². The Morgan fingerprint density at radius 3 is 2.44 bits per heavy atom. The topological polar surface area (TPSA) is 94.8 Å². The van der Waals surface area contributed by atoms with Gasteiger partial charge in [-0.25, -0.2) is 14.4 Å². The fraction of sp³-hybridized carbons (Fsp3) is 0.222. The van der Waals surface area contributed by atoms with Crippen LogP contribution >= 0.6 is 0 Å². The number of carbonyl (C=O) groups is 2. The first kappa shape index (κ1) is 23.0. The number of nitrogens with one attached hydrogen (secondary N) is 1. The lowest BCUT2D eigenvalue weighted by Crippen LogP contribution is -2.43. The Hall–Kier alpha value is -4.13. The molecule has 1 atom stereocenters. The molecule has 174 valence electrons. The van der Waals surface area contributed by atoms with Crippen molar-refractivity contribution in [2.75, 3.05) is 0 Å². The van der Waals surface area contributed by atoms with E-state index in [0.717, 1.165) is 29.2 Å². The van der Waals surface area contributed by atoms with Gasteiger partial charge in [0.2, 0.25) is 0 Å². The number of alkyl carbamates (subject to hydrolysis) is 1. The molecular weight excluding hydrogens is 434 g/mol. The molecule has 4 aromatic rings. The average molecular weight is 459 g/mol. The van der Waals surface area contributed by atoms with E-state index in [4.69, 9.17) is 13.9 Å². The number of rotatable bonds is 8. The van der Waals surface area contributed by atoms with E-state index in [1.807, 2.05) is 49.4 Å². The summed E-state index contributed by atoms with van der Waals surface area (Å²) in [6, 6.07) is 20.4. The predicted octanol–water partition coefficient (Wildman–Crippen LogP) is 5.34. The van der Waals surface area contributed by atoms with E-state index in [1.54, 1.807) is 24.3 Å². The van der Waals surface area contributed by atoms with Gasteiger partial charge >= 0.3 is 17.7 Å². The molecule has 4 rings (SSSR count). The van der Waals surface area contributed by atoms with Crippen LogP contribution in [0.2, 0.25) is 0 Å². The molecule has 0 aliphatic rings. The van der Waals surface area contributed by atoms with Gasteiger partial charge in [-0.15, -0.1) is 0 Å². The number of unbranched alkanes of at least 4 members (excludes halogenated alkanes) is 1. The van der Waals surface area contributed by atoms with Crippen LogP contribution in [0.4, 0.5) is 4.79 Å². The average Bonchev–Trinajstić information content (AvgIpc) is 2.86. The Bertz CT molecular complexity index is 1360. The van der Waals surface area contributed by atoms with Crippen molar-refractivity contribution in [3.63, 3.8) is 0 Å². The standard InChI is InChI=1S/C27H25NO6/c1-2-3-13-23(28-27(31)32-17-18-9-5-4-6-10-18)26(30)33-19-14-15-21-20-11-7-8-12-22(20)25(29)34-24(21)16-19/h4-12,14-16,23H,2-3,13,17H2,1H3,(H,28,31)/t23-/m0/s1. The summed E-state index contributed by atoms with van der Waals surface area (Å²) >= 11 is 0. The third kappa shape index (κ3) is 5.43. The highest BCUT2D eigenvalue weighted by Crippen LogP contribution is 2.26. The second-order valence-corrected chi connectivity index (χ2v) is 7.92.